The van der Waals surface area contributed by atoms with Crippen LogP contribution in [0.5, 0.6) is 0 Å². The summed E-state index contributed by atoms with van der Waals surface area (Å²) in [5.41, 5.74) is -0.478. The topological polar surface area (TPSA) is 76.1 Å². The summed E-state index contributed by atoms with van der Waals surface area (Å²) in [5, 5.41) is 11.3. The van der Waals surface area contributed by atoms with E-state index in [0.717, 1.165) is 17.6 Å². The molecule has 3 fully saturated rings. The van der Waals surface area contributed by atoms with Gasteiger partial charge in [-0.05, 0) is 64.9 Å². The number of Topliss-reactive ketones (excluding diaryl/α,β-unsaturated/α-hetero) is 1. The van der Waals surface area contributed by atoms with Crippen LogP contribution in [-0.4, -0.2) is 40.3 Å². The molecule has 0 aromatic heterocycles. The van der Waals surface area contributed by atoms with Gasteiger partial charge in [0.15, 0.2) is 11.4 Å². The predicted octanol–water partition coefficient (Wildman–Crippen LogP) is 2.94. The number of hydrogen-bond donors (Lipinski definition) is 1. The molecule has 0 unspecified atom stereocenters. The lowest BCUT2D eigenvalue weighted by atomic mass is 9.53. The van der Waals surface area contributed by atoms with Crippen LogP contribution in [0.3, 0.4) is 0 Å². The number of epoxide rings is 1. The molecule has 0 spiro atoms. The Morgan fingerprint density at radius 2 is 1.88 bits per heavy atom. The van der Waals surface area contributed by atoms with Crippen molar-refractivity contribution >= 4 is 11.8 Å². The Balaban J connectivity index is 1.84. The second kappa shape index (κ2) is 5.65. The zero-order valence-electron chi connectivity index (χ0n) is 16.1. The highest BCUT2D eigenvalue weighted by atomic mass is 16.7. The van der Waals surface area contributed by atoms with Gasteiger partial charge < -0.3 is 14.6 Å². The minimum absolute atomic E-state index is 0.112. The molecule has 1 saturated heterocycles. The number of fused-ring (bicyclic) bond motifs is 1. The highest BCUT2D eigenvalue weighted by molar-refractivity contribution is 5.97. The molecule has 0 amide bonds. The van der Waals surface area contributed by atoms with Crippen molar-refractivity contribution in [2.24, 2.45) is 11.3 Å². The number of esters is 1. The van der Waals surface area contributed by atoms with Crippen LogP contribution in [0.25, 0.3) is 0 Å². The fourth-order valence-electron chi connectivity index (χ4n) is 4.77. The van der Waals surface area contributed by atoms with E-state index in [9.17, 15) is 14.7 Å². The monoisotopic (exact) mass is 350 g/mol. The van der Waals surface area contributed by atoms with Crippen LogP contribution >= 0.6 is 0 Å². The molecule has 6 atom stereocenters. The number of ether oxygens (including phenoxy) is 2. The molecule has 1 heterocycles. The predicted molar refractivity (Wildman–Crippen MR) is 92.9 cm³/mol. The van der Waals surface area contributed by atoms with Gasteiger partial charge in [-0.1, -0.05) is 12.5 Å². The fourth-order valence-corrected chi connectivity index (χ4v) is 4.77. The molecule has 0 aromatic rings. The van der Waals surface area contributed by atoms with Crippen LogP contribution < -0.4 is 0 Å². The van der Waals surface area contributed by atoms with E-state index >= 15 is 0 Å². The molecule has 0 bridgehead atoms. The molecule has 5 heteroatoms. The third-order valence-corrected chi connectivity index (χ3v) is 6.88. The zero-order chi connectivity index (χ0) is 18.8. The van der Waals surface area contributed by atoms with Gasteiger partial charge in [0.1, 0.15) is 11.7 Å². The van der Waals surface area contributed by atoms with Crippen molar-refractivity contribution in [1.29, 1.82) is 0 Å². The first kappa shape index (κ1) is 18.6. The molecular weight excluding hydrogens is 320 g/mol. The van der Waals surface area contributed by atoms with Crippen molar-refractivity contribution in [2.75, 3.05) is 0 Å². The Hall–Kier alpha value is -1.20. The third-order valence-electron chi connectivity index (χ3n) is 6.88. The molecule has 3 aliphatic rings. The van der Waals surface area contributed by atoms with E-state index in [1.54, 1.807) is 13.8 Å². The van der Waals surface area contributed by atoms with Crippen LogP contribution in [0.15, 0.2) is 11.1 Å². The van der Waals surface area contributed by atoms with Crippen LogP contribution in [0.4, 0.5) is 0 Å². The largest absolute Gasteiger partial charge is 0.457 e. The fraction of sp³-hybridized carbons (Fsp3) is 0.800. The number of carbonyl (C=O) groups excluding carboxylic acids is 2. The number of rotatable bonds is 2. The number of carbonyl (C=O) groups is 2. The molecule has 2 saturated carbocycles. The van der Waals surface area contributed by atoms with E-state index in [1.807, 2.05) is 20.8 Å². The minimum atomic E-state index is -1.17. The van der Waals surface area contributed by atoms with Gasteiger partial charge in [0.2, 0.25) is 0 Å². The van der Waals surface area contributed by atoms with Gasteiger partial charge in [-0.25, -0.2) is 4.79 Å². The van der Waals surface area contributed by atoms with Gasteiger partial charge >= 0.3 is 5.97 Å². The van der Waals surface area contributed by atoms with E-state index < -0.39 is 23.3 Å². The SMILES string of the molecule is CC(C)=C1C[C@@H]2[C@](C)(CC[C@@H](OC(=O)[C@@]3(C)O[C@@H]3C)[C@@]2(C)O)CC1=O. The van der Waals surface area contributed by atoms with E-state index in [1.165, 1.54) is 0 Å². The van der Waals surface area contributed by atoms with Gasteiger partial charge in [-0.3, -0.25) is 4.79 Å². The van der Waals surface area contributed by atoms with Gasteiger partial charge in [0.25, 0.3) is 0 Å². The maximum absolute atomic E-state index is 12.5. The molecule has 3 rings (SSSR count). The Labute approximate surface area is 149 Å². The molecular formula is C20H30O5. The number of aliphatic hydroxyl groups is 1. The molecule has 2 aliphatic carbocycles. The molecule has 1 N–H and O–H groups in total. The Kier molecular flexibility index (Phi) is 4.20. The van der Waals surface area contributed by atoms with E-state index in [0.29, 0.717) is 19.3 Å². The van der Waals surface area contributed by atoms with Crippen molar-refractivity contribution in [3.63, 3.8) is 0 Å². The van der Waals surface area contributed by atoms with Crippen molar-refractivity contribution in [3.05, 3.63) is 11.1 Å². The maximum Gasteiger partial charge on any atom is 0.341 e. The van der Waals surface area contributed by atoms with E-state index in [2.05, 4.69) is 6.92 Å². The summed E-state index contributed by atoms with van der Waals surface area (Å²) in [4.78, 5) is 24.9. The van der Waals surface area contributed by atoms with E-state index in [-0.39, 0.29) is 23.2 Å². The van der Waals surface area contributed by atoms with Gasteiger partial charge in [-0.2, -0.15) is 0 Å². The molecule has 0 radical (unpaired) electrons. The first-order chi connectivity index (χ1) is 11.4. The van der Waals surface area contributed by atoms with Crippen LogP contribution in [-0.2, 0) is 19.1 Å². The summed E-state index contributed by atoms with van der Waals surface area (Å²) in [6, 6.07) is 0. The summed E-state index contributed by atoms with van der Waals surface area (Å²) >= 11 is 0. The molecule has 0 aromatic carbocycles. The molecule has 5 nitrogen and oxygen atoms in total. The quantitative estimate of drug-likeness (QED) is 0.471. The van der Waals surface area contributed by atoms with E-state index in [4.69, 9.17) is 9.47 Å². The third kappa shape index (κ3) is 2.85. The highest BCUT2D eigenvalue weighted by Gasteiger charge is 2.61. The second-order valence-corrected chi connectivity index (χ2v) is 9.01. The number of allylic oxidation sites excluding steroid dienone is 2. The summed E-state index contributed by atoms with van der Waals surface area (Å²) in [7, 11) is 0. The average Bonchev–Trinajstić information content (AvgIpc) is 3.10. The van der Waals surface area contributed by atoms with Crippen molar-refractivity contribution in [1.82, 2.24) is 0 Å². The smallest absolute Gasteiger partial charge is 0.341 e. The van der Waals surface area contributed by atoms with Crippen LogP contribution in [0.2, 0.25) is 0 Å². The number of ketones is 1. The second-order valence-electron chi connectivity index (χ2n) is 9.01. The highest BCUT2D eigenvalue weighted by Crippen LogP contribution is 2.55. The van der Waals surface area contributed by atoms with Crippen molar-refractivity contribution in [3.8, 4) is 0 Å². The van der Waals surface area contributed by atoms with Crippen molar-refractivity contribution < 1.29 is 24.2 Å². The molecule has 25 heavy (non-hydrogen) atoms. The summed E-state index contributed by atoms with van der Waals surface area (Å²) < 4.78 is 11.1. The maximum atomic E-state index is 12.5. The molecule has 140 valence electrons. The summed E-state index contributed by atoms with van der Waals surface area (Å²) in [5.74, 6) is -0.319. The minimum Gasteiger partial charge on any atom is -0.457 e. The number of hydrogen-bond acceptors (Lipinski definition) is 5. The Bertz CT molecular complexity index is 644. The summed E-state index contributed by atoms with van der Waals surface area (Å²) in [6.07, 6.45) is 1.60. The summed E-state index contributed by atoms with van der Waals surface area (Å²) in [6.45, 7) is 11.3. The lowest BCUT2D eigenvalue weighted by Gasteiger charge is -2.55. The lowest BCUT2D eigenvalue weighted by molar-refractivity contribution is -0.202. The first-order valence-corrected chi connectivity index (χ1v) is 9.22. The van der Waals surface area contributed by atoms with Crippen molar-refractivity contribution in [2.45, 2.75) is 90.6 Å². The van der Waals surface area contributed by atoms with Gasteiger partial charge in [-0.15, -0.1) is 0 Å². The van der Waals surface area contributed by atoms with Crippen LogP contribution in [0, 0.1) is 11.3 Å². The standard InChI is InChI=1S/C20H30O5/c1-11(2)13-9-15-18(4,10-14(13)21)8-7-16(19(15,5)23)24-17(22)20(6)12(3)25-20/h12,15-16,23H,7-10H2,1-6H3/t12-,15-,16-,18-,19+,20+/m1/s1. The van der Waals surface area contributed by atoms with Gasteiger partial charge in [0.05, 0.1) is 6.10 Å². The molecule has 1 aliphatic heterocycles. The normalized spacial score (nSPS) is 46.4. The first-order valence-electron chi connectivity index (χ1n) is 9.22. The zero-order valence-corrected chi connectivity index (χ0v) is 16.1. The van der Waals surface area contributed by atoms with Gasteiger partial charge in [0, 0.05) is 12.3 Å². The average molecular weight is 350 g/mol. The lowest BCUT2D eigenvalue weighted by Crippen LogP contribution is -2.60. The Morgan fingerprint density at radius 3 is 2.40 bits per heavy atom. The Morgan fingerprint density at radius 1 is 1.28 bits per heavy atom. The van der Waals surface area contributed by atoms with Crippen LogP contribution in [0.1, 0.15) is 67.2 Å².